The van der Waals surface area contributed by atoms with Crippen LogP contribution in [-0.2, 0) is 9.59 Å². The number of nitrogens with zero attached hydrogens (tertiary/aromatic N) is 2. The molecule has 3 rings (SSSR count). The molecule has 0 spiro atoms. The van der Waals surface area contributed by atoms with Gasteiger partial charge >= 0.3 is 0 Å². The lowest BCUT2D eigenvalue weighted by Crippen LogP contribution is -2.44. The molecular weight excluding hydrogens is 352 g/mol. The molecule has 1 aromatic carbocycles. The second-order valence-corrected chi connectivity index (χ2v) is 7.43. The van der Waals surface area contributed by atoms with Gasteiger partial charge in [0.25, 0.3) is 11.1 Å². The average molecular weight is 374 g/mol. The fourth-order valence-electron chi connectivity index (χ4n) is 3.09. The summed E-state index contributed by atoms with van der Waals surface area (Å²) in [5.41, 5.74) is 1.77. The van der Waals surface area contributed by atoms with Crippen molar-refractivity contribution in [3.05, 3.63) is 34.2 Å². The van der Waals surface area contributed by atoms with E-state index in [-0.39, 0.29) is 12.5 Å². The van der Waals surface area contributed by atoms with Gasteiger partial charge < -0.3 is 9.64 Å². The molecule has 2 aliphatic heterocycles. The number of methoxy groups -OCH3 is 1. The first kappa shape index (κ1) is 18.5. The second-order valence-electron chi connectivity index (χ2n) is 6.44. The summed E-state index contributed by atoms with van der Waals surface area (Å²) in [4.78, 5) is 40.3. The lowest BCUT2D eigenvalue weighted by Gasteiger charge is -2.27. The van der Waals surface area contributed by atoms with Gasteiger partial charge in [-0.05, 0) is 61.2 Å². The average Bonchev–Trinajstić information content (AvgIpc) is 2.91. The zero-order chi connectivity index (χ0) is 18.7. The number of ether oxygens (including phenoxy) is 1. The molecule has 0 N–H and O–H groups in total. The Labute approximate surface area is 157 Å². The van der Waals surface area contributed by atoms with Crippen molar-refractivity contribution in [1.29, 1.82) is 0 Å². The first-order chi connectivity index (χ1) is 12.5. The van der Waals surface area contributed by atoms with Crippen molar-refractivity contribution in [3.8, 4) is 5.75 Å². The van der Waals surface area contributed by atoms with Crippen LogP contribution in [0.15, 0.2) is 23.1 Å². The highest BCUT2D eigenvalue weighted by Crippen LogP contribution is 2.33. The van der Waals surface area contributed by atoms with Gasteiger partial charge in [0.2, 0.25) is 5.91 Å². The highest BCUT2D eigenvalue weighted by Gasteiger charge is 2.37. The van der Waals surface area contributed by atoms with E-state index in [2.05, 4.69) is 0 Å². The Morgan fingerprint density at radius 3 is 2.65 bits per heavy atom. The number of likely N-dealkylation sites (tertiary alicyclic amines) is 1. The largest absolute Gasteiger partial charge is 0.496 e. The molecule has 3 amide bonds. The van der Waals surface area contributed by atoms with Gasteiger partial charge in [0.05, 0.1) is 12.0 Å². The third-order valence-electron chi connectivity index (χ3n) is 4.61. The maximum absolute atomic E-state index is 12.6. The normalized spacial score (nSPS) is 19.4. The number of carbonyl (C=O) groups is 3. The van der Waals surface area contributed by atoms with Crippen LogP contribution in [0.2, 0.25) is 0 Å². The van der Waals surface area contributed by atoms with Gasteiger partial charge in [0.1, 0.15) is 12.3 Å². The molecule has 26 heavy (non-hydrogen) atoms. The molecule has 0 saturated carbocycles. The number of piperidine rings is 1. The topological polar surface area (TPSA) is 66.9 Å². The van der Waals surface area contributed by atoms with Gasteiger partial charge in [-0.1, -0.05) is 12.1 Å². The Morgan fingerprint density at radius 2 is 1.96 bits per heavy atom. The van der Waals surface area contributed by atoms with E-state index in [0.29, 0.717) is 18.0 Å². The van der Waals surface area contributed by atoms with Gasteiger partial charge in [0, 0.05) is 13.1 Å². The van der Waals surface area contributed by atoms with Crippen LogP contribution in [0.4, 0.5) is 4.79 Å². The molecule has 6 nitrogen and oxygen atoms in total. The minimum Gasteiger partial charge on any atom is -0.496 e. The van der Waals surface area contributed by atoms with Crippen molar-refractivity contribution in [2.75, 3.05) is 26.7 Å². The van der Waals surface area contributed by atoms with Crippen LogP contribution >= 0.6 is 11.8 Å². The zero-order valence-electron chi connectivity index (χ0n) is 15.0. The minimum atomic E-state index is -0.412. The number of aryl methyl sites for hydroxylation is 1. The Morgan fingerprint density at radius 1 is 1.23 bits per heavy atom. The molecule has 2 heterocycles. The van der Waals surface area contributed by atoms with Crippen LogP contribution in [0.3, 0.4) is 0 Å². The van der Waals surface area contributed by atoms with E-state index in [1.54, 1.807) is 18.1 Å². The number of imide groups is 1. The zero-order valence-corrected chi connectivity index (χ0v) is 15.8. The maximum Gasteiger partial charge on any atom is 0.294 e. The van der Waals surface area contributed by atoms with Gasteiger partial charge in [-0.3, -0.25) is 19.3 Å². The fraction of sp³-hybridized carbons (Fsp3) is 0.421. The van der Waals surface area contributed by atoms with Gasteiger partial charge in [-0.15, -0.1) is 0 Å². The van der Waals surface area contributed by atoms with Gasteiger partial charge in [-0.25, -0.2) is 0 Å². The summed E-state index contributed by atoms with van der Waals surface area (Å²) in [6, 6.07) is 5.59. The summed E-state index contributed by atoms with van der Waals surface area (Å²) in [5, 5.41) is -0.398. The second kappa shape index (κ2) is 7.95. The van der Waals surface area contributed by atoms with Crippen LogP contribution < -0.4 is 4.74 Å². The molecule has 2 aliphatic rings. The summed E-state index contributed by atoms with van der Waals surface area (Å²) in [7, 11) is 1.59. The smallest absolute Gasteiger partial charge is 0.294 e. The molecule has 2 saturated heterocycles. The summed E-state index contributed by atoms with van der Waals surface area (Å²) >= 11 is 0.870. The van der Waals surface area contributed by atoms with E-state index in [4.69, 9.17) is 4.74 Å². The molecule has 2 fully saturated rings. The van der Waals surface area contributed by atoms with E-state index in [1.807, 2.05) is 25.1 Å². The van der Waals surface area contributed by atoms with Crippen molar-refractivity contribution >= 4 is 34.9 Å². The Kier molecular flexibility index (Phi) is 5.66. The molecule has 138 valence electrons. The maximum atomic E-state index is 12.6. The van der Waals surface area contributed by atoms with Crippen molar-refractivity contribution in [2.24, 2.45) is 0 Å². The van der Waals surface area contributed by atoms with Gasteiger partial charge in [-0.2, -0.15) is 0 Å². The van der Waals surface area contributed by atoms with Crippen LogP contribution in [0, 0.1) is 6.92 Å². The molecule has 1 aromatic rings. The molecule has 0 aromatic heterocycles. The predicted octanol–water partition coefficient (Wildman–Crippen LogP) is 3.05. The summed E-state index contributed by atoms with van der Waals surface area (Å²) < 4.78 is 5.29. The molecule has 0 bridgehead atoms. The van der Waals surface area contributed by atoms with Crippen molar-refractivity contribution in [1.82, 2.24) is 9.80 Å². The summed E-state index contributed by atoms with van der Waals surface area (Å²) in [6.45, 7) is 3.16. The number of carbonyl (C=O) groups excluding carboxylic acids is 3. The molecule has 0 aliphatic carbocycles. The highest BCUT2D eigenvalue weighted by molar-refractivity contribution is 8.18. The van der Waals surface area contributed by atoms with Gasteiger partial charge in [0.15, 0.2) is 0 Å². The van der Waals surface area contributed by atoms with Crippen LogP contribution in [0.25, 0.3) is 6.08 Å². The summed E-state index contributed by atoms with van der Waals surface area (Å²) in [5.74, 6) is 0.147. The molecular formula is C19H22N2O4S. The summed E-state index contributed by atoms with van der Waals surface area (Å²) in [6.07, 6.45) is 4.73. The number of thioether (sulfide) groups is 1. The van der Waals surface area contributed by atoms with Crippen molar-refractivity contribution in [2.45, 2.75) is 26.2 Å². The van der Waals surface area contributed by atoms with Crippen molar-refractivity contribution in [3.63, 3.8) is 0 Å². The van der Waals surface area contributed by atoms with E-state index in [1.165, 1.54) is 0 Å². The Hall–Kier alpha value is -2.28. The fourth-order valence-corrected chi connectivity index (χ4v) is 3.93. The van der Waals surface area contributed by atoms with Crippen LogP contribution in [-0.4, -0.2) is 53.6 Å². The third-order valence-corrected chi connectivity index (χ3v) is 5.51. The first-order valence-corrected chi connectivity index (χ1v) is 9.49. The molecule has 0 unspecified atom stereocenters. The van der Waals surface area contributed by atoms with Crippen LogP contribution in [0.1, 0.15) is 30.4 Å². The molecule has 0 radical (unpaired) electrons. The van der Waals surface area contributed by atoms with E-state index in [0.717, 1.165) is 52.8 Å². The first-order valence-electron chi connectivity index (χ1n) is 8.67. The van der Waals surface area contributed by atoms with Crippen LogP contribution in [0.5, 0.6) is 5.75 Å². The quantitative estimate of drug-likeness (QED) is 0.758. The predicted molar refractivity (Wildman–Crippen MR) is 101 cm³/mol. The third kappa shape index (κ3) is 3.93. The Balaban J connectivity index is 1.73. The molecule has 0 atom stereocenters. The number of amides is 3. The van der Waals surface area contributed by atoms with E-state index < -0.39 is 11.1 Å². The van der Waals surface area contributed by atoms with Crippen molar-refractivity contribution < 1.29 is 19.1 Å². The van der Waals surface area contributed by atoms with E-state index >= 15 is 0 Å². The number of benzene rings is 1. The number of hydrogen-bond donors (Lipinski definition) is 0. The monoisotopic (exact) mass is 374 g/mol. The highest BCUT2D eigenvalue weighted by atomic mass is 32.2. The minimum absolute atomic E-state index is 0.162. The number of rotatable bonds is 4. The Bertz CT molecular complexity index is 769. The van der Waals surface area contributed by atoms with E-state index in [9.17, 15) is 14.4 Å². The lowest BCUT2D eigenvalue weighted by atomic mass is 10.1. The SMILES string of the molecule is COc1cc(/C=C2/SC(=O)N(CC(=O)N3CCCCC3)C2=O)ccc1C. The number of hydrogen-bond acceptors (Lipinski definition) is 5. The standard InChI is InChI=1S/C19H22N2O4S/c1-13-6-7-14(10-15(13)25-2)11-16-18(23)21(19(24)26-16)12-17(22)20-8-4-3-5-9-20/h6-7,10-11H,3-5,8-9,12H2,1-2H3/b16-11+. The lowest BCUT2D eigenvalue weighted by molar-refractivity contribution is -0.136. The molecule has 7 heteroatoms.